The highest BCUT2D eigenvalue weighted by atomic mass is 35.5. The van der Waals surface area contributed by atoms with Crippen molar-refractivity contribution in [1.29, 1.82) is 0 Å². The van der Waals surface area contributed by atoms with Crippen LogP contribution >= 0.6 is 24.2 Å². The minimum absolute atomic E-state index is 0. The van der Waals surface area contributed by atoms with Gasteiger partial charge in [-0.05, 0) is 86.8 Å². The fourth-order valence-corrected chi connectivity index (χ4v) is 8.28. The lowest BCUT2D eigenvalue weighted by molar-refractivity contribution is -0.116. The standard InChI is InChI=1S/C26H37N3OS.ClH/c1-4-29-23(12-24(30)27-22-7-5-21(6-8-22)17(2)3)16-31-25(29)28-26-13-18-9-19(14-26)11-20(10-18)15-26;/h5-8,17-20,23H,4,9-16H2,1-3H3,(H,27,30);1H/b28-25-;. The quantitative estimate of drug-likeness (QED) is 0.523. The Morgan fingerprint density at radius 1 is 1.12 bits per heavy atom. The van der Waals surface area contributed by atoms with Gasteiger partial charge >= 0.3 is 0 Å². The maximum absolute atomic E-state index is 12.8. The molecule has 0 aromatic heterocycles. The summed E-state index contributed by atoms with van der Waals surface area (Å²) in [6, 6.07) is 8.51. The van der Waals surface area contributed by atoms with Crippen molar-refractivity contribution in [1.82, 2.24) is 4.90 Å². The lowest BCUT2D eigenvalue weighted by atomic mass is 9.53. The highest BCUT2D eigenvalue weighted by molar-refractivity contribution is 8.14. The monoisotopic (exact) mass is 475 g/mol. The summed E-state index contributed by atoms with van der Waals surface area (Å²) in [5.74, 6) is 4.34. The van der Waals surface area contributed by atoms with Gasteiger partial charge in [0.1, 0.15) is 0 Å². The van der Waals surface area contributed by atoms with Crippen molar-refractivity contribution in [2.45, 2.75) is 83.2 Å². The molecule has 1 unspecified atom stereocenters. The first kappa shape index (κ1) is 23.9. The van der Waals surface area contributed by atoms with E-state index in [0.717, 1.165) is 35.7 Å². The van der Waals surface area contributed by atoms with E-state index >= 15 is 0 Å². The highest BCUT2D eigenvalue weighted by Gasteiger charge is 2.51. The summed E-state index contributed by atoms with van der Waals surface area (Å²) < 4.78 is 0. The number of thioether (sulfide) groups is 1. The van der Waals surface area contributed by atoms with Gasteiger partial charge in [0.25, 0.3) is 0 Å². The molecular weight excluding hydrogens is 438 g/mol. The van der Waals surface area contributed by atoms with Gasteiger partial charge in [0, 0.05) is 30.4 Å². The van der Waals surface area contributed by atoms with Gasteiger partial charge < -0.3 is 10.2 Å². The van der Waals surface area contributed by atoms with E-state index < -0.39 is 0 Å². The number of amidine groups is 1. The number of nitrogens with zero attached hydrogens (tertiary/aromatic N) is 2. The summed E-state index contributed by atoms with van der Waals surface area (Å²) in [7, 11) is 0. The predicted molar refractivity (Wildman–Crippen MR) is 138 cm³/mol. The van der Waals surface area contributed by atoms with Gasteiger partial charge in [0.15, 0.2) is 5.17 Å². The topological polar surface area (TPSA) is 44.7 Å². The van der Waals surface area contributed by atoms with Crippen LogP contribution in [0.5, 0.6) is 0 Å². The van der Waals surface area contributed by atoms with Gasteiger partial charge in [-0.1, -0.05) is 37.7 Å². The third-order valence-electron chi connectivity index (χ3n) is 8.05. The van der Waals surface area contributed by atoms with Crippen LogP contribution in [-0.2, 0) is 4.79 Å². The molecule has 176 valence electrons. The smallest absolute Gasteiger partial charge is 0.226 e. The van der Waals surface area contributed by atoms with Crippen LogP contribution in [0.2, 0.25) is 0 Å². The molecule has 1 N–H and O–H groups in total. The minimum Gasteiger partial charge on any atom is -0.347 e. The SMILES string of the molecule is CCN1/C(=N/C23CC4CC(CC(C4)C2)C3)SCC1CC(=O)Nc1ccc(C(C)C)cc1.Cl. The Balaban J connectivity index is 0.00000245. The fourth-order valence-electron chi connectivity index (χ4n) is 6.94. The Bertz CT molecular complexity index is 818. The van der Waals surface area contributed by atoms with Crippen molar-refractivity contribution in [3.8, 4) is 0 Å². The zero-order chi connectivity index (χ0) is 21.6. The number of carbonyl (C=O) groups excluding carboxylic acids is 1. The third-order valence-corrected chi connectivity index (χ3v) is 9.19. The van der Waals surface area contributed by atoms with Crippen LogP contribution in [0, 0.1) is 17.8 Å². The first-order valence-electron chi connectivity index (χ1n) is 12.3. The van der Waals surface area contributed by atoms with Gasteiger partial charge in [0.05, 0.1) is 5.54 Å². The van der Waals surface area contributed by atoms with Crippen molar-refractivity contribution in [2.75, 3.05) is 17.6 Å². The van der Waals surface area contributed by atoms with Crippen LogP contribution in [0.4, 0.5) is 5.69 Å². The third kappa shape index (κ3) is 4.84. The molecule has 5 aliphatic rings. The zero-order valence-electron chi connectivity index (χ0n) is 19.7. The molecule has 4 aliphatic carbocycles. The van der Waals surface area contributed by atoms with Crippen molar-refractivity contribution < 1.29 is 4.79 Å². The Labute approximate surface area is 203 Å². The van der Waals surface area contributed by atoms with Crippen LogP contribution in [0.15, 0.2) is 29.3 Å². The normalized spacial score (nSPS) is 34.2. The first-order chi connectivity index (χ1) is 14.9. The molecule has 1 saturated heterocycles. The average Bonchev–Trinajstić information content (AvgIpc) is 3.07. The maximum atomic E-state index is 12.8. The number of hydrogen-bond acceptors (Lipinski definition) is 3. The van der Waals surface area contributed by atoms with Gasteiger partial charge in [-0.15, -0.1) is 12.4 Å². The van der Waals surface area contributed by atoms with E-state index in [9.17, 15) is 4.79 Å². The molecule has 5 fully saturated rings. The largest absolute Gasteiger partial charge is 0.347 e. The second kappa shape index (κ2) is 9.58. The number of rotatable bonds is 6. The maximum Gasteiger partial charge on any atom is 0.226 e. The molecule has 0 radical (unpaired) electrons. The van der Waals surface area contributed by atoms with E-state index in [1.807, 2.05) is 23.9 Å². The molecule has 32 heavy (non-hydrogen) atoms. The van der Waals surface area contributed by atoms with Crippen LogP contribution in [0.25, 0.3) is 0 Å². The number of hydrogen-bond donors (Lipinski definition) is 1. The van der Waals surface area contributed by atoms with Crippen LogP contribution < -0.4 is 5.32 Å². The number of halogens is 1. The highest BCUT2D eigenvalue weighted by Crippen LogP contribution is 2.57. The van der Waals surface area contributed by atoms with E-state index in [4.69, 9.17) is 4.99 Å². The minimum atomic E-state index is 0. The fraction of sp³-hybridized carbons (Fsp3) is 0.692. The Morgan fingerprint density at radius 2 is 1.72 bits per heavy atom. The first-order valence-corrected chi connectivity index (χ1v) is 13.3. The summed E-state index contributed by atoms with van der Waals surface area (Å²) in [6.45, 7) is 7.51. The molecule has 0 spiro atoms. The van der Waals surface area contributed by atoms with Gasteiger partial charge in [0.2, 0.25) is 5.91 Å². The summed E-state index contributed by atoms with van der Waals surface area (Å²) in [5.41, 5.74) is 2.40. The Hall–Kier alpha value is -1.20. The molecule has 1 heterocycles. The van der Waals surface area contributed by atoms with Gasteiger partial charge in [-0.2, -0.15) is 0 Å². The number of anilines is 1. The number of benzene rings is 1. The van der Waals surface area contributed by atoms with Crippen LogP contribution in [0.1, 0.15) is 77.2 Å². The molecule has 1 aromatic carbocycles. The lowest BCUT2D eigenvalue weighted by Gasteiger charge is -2.55. The second-order valence-electron chi connectivity index (χ2n) is 10.8. The number of carbonyl (C=O) groups is 1. The Kier molecular flexibility index (Phi) is 7.17. The molecule has 1 aromatic rings. The zero-order valence-corrected chi connectivity index (χ0v) is 21.3. The van der Waals surface area contributed by atoms with Crippen molar-refractivity contribution >= 4 is 40.9 Å². The predicted octanol–water partition coefficient (Wildman–Crippen LogP) is 6.32. The molecule has 6 rings (SSSR count). The van der Waals surface area contributed by atoms with Gasteiger partial charge in [-0.3, -0.25) is 9.79 Å². The number of nitrogens with one attached hydrogen (secondary N) is 1. The molecule has 4 saturated carbocycles. The molecule has 4 nitrogen and oxygen atoms in total. The van der Waals surface area contributed by atoms with Crippen LogP contribution in [-0.4, -0.2) is 39.9 Å². The van der Waals surface area contributed by atoms with E-state index in [2.05, 4.69) is 43.1 Å². The molecular formula is C26H38ClN3OS. The Morgan fingerprint density at radius 3 is 2.25 bits per heavy atom. The van der Waals surface area contributed by atoms with Crippen molar-refractivity contribution in [2.24, 2.45) is 22.7 Å². The number of aliphatic imine (C=N–C) groups is 1. The average molecular weight is 476 g/mol. The number of amides is 1. The van der Waals surface area contributed by atoms with E-state index in [-0.39, 0.29) is 29.9 Å². The summed E-state index contributed by atoms with van der Waals surface area (Å²) in [4.78, 5) is 20.6. The molecule has 4 bridgehead atoms. The molecule has 6 heteroatoms. The lowest BCUT2D eigenvalue weighted by Crippen LogP contribution is -2.50. The van der Waals surface area contributed by atoms with E-state index in [1.165, 1.54) is 49.3 Å². The van der Waals surface area contributed by atoms with Crippen molar-refractivity contribution in [3.63, 3.8) is 0 Å². The molecule has 1 atom stereocenters. The summed E-state index contributed by atoms with van der Waals surface area (Å²) >= 11 is 1.88. The second-order valence-corrected chi connectivity index (χ2v) is 11.8. The molecule has 1 aliphatic heterocycles. The summed E-state index contributed by atoms with van der Waals surface area (Å²) in [5, 5.41) is 4.32. The van der Waals surface area contributed by atoms with Crippen LogP contribution in [0.3, 0.4) is 0 Å². The van der Waals surface area contributed by atoms with E-state index in [1.54, 1.807) is 0 Å². The van der Waals surface area contributed by atoms with E-state index in [0.29, 0.717) is 12.3 Å². The summed E-state index contributed by atoms with van der Waals surface area (Å²) in [6.07, 6.45) is 8.81. The van der Waals surface area contributed by atoms with Gasteiger partial charge in [-0.25, -0.2) is 0 Å². The van der Waals surface area contributed by atoms with Crippen molar-refractivity contribution in [3.05, 3.63) is 29.8 Å². The molecule has 1 amide bonds.